The first-order valence-corrected chi connectivity index (χ1v) is 17.1. The van der Waals surface area contributed by atoms with E-state index in [4.69, 9.17) is 19.0 Å². The number of ether oxygens (including phenoxy) is 1. The van der Waals surface area contributed by atoms with Gasteiger partial charge in [0.2, 0.25) is 5.91 Å². The lowest BCUT2D eigenvalue weighted by atomic mass is 10.1. The van der Waals surface area contributed by atoms with Gasteiger partial charge in [0.1, 0.15) is 12.4 Å². The van der Waals surface area contributed by atoms with E-state index in [2.05, 4.69) is 29.4 Å². The Balaban J connectivity index is 1.63. The predicted octanol–water partition coefficient (Wildman–Crippen LogP) is 7.83. The lowest BCUT2D eigenvalue weighted by Crippen LogP contribution is -2.39. The third kappa shape index (κ3) is 18.8. The Hall–Kier alpha value is -2.51. The zero-order chi connectivity index (χ0) is 30.3. The molecular weight excluding hydrogens is 551 g/mol. The molecule has 0 aliphatic rings. The van der Waals surface area contributed by atoms with Crippen LogP contribution >= 0.6 is 7.82 Å². The summed E-state index contributed by atoms with van der Waals surface area (Å²) < 4.78 is 21.8. The van der Waals surface area contributed by atoms with Crippen molar-refractivity contribution in [2.45, 2.75) is 116 Å². The Morgan fingerprint density at radius 3 is 2.07 bits per heavy atom. The fraction of sp³-hybridized carbons (Fsp3) is 0.576. The third-order valence-electron chi connectivity index (χ3n) is 7.03. The monoisotopic (exact) mass is 602 g/mol. The number of pyridine rings is 1. The zero-order valence-corrected chi connectivity index (χ0v) is 26.2. The smallest absolute Gasteiger partial charge is 0.469 e. The van der Waals surface area contributed by atoms with E-state index in [1.165, 1.54) is 51.4 Å². The molecule has 0 saturated carbocycles. The number of phosphoric acid groups is 1. The molecule has 0 unspecified atom stereocenters. The lowest BCUT2D eigenvalue weighted by Gasteiger charge is -2.19. The maximum Gasteiger partial charge on any atom is 0.469 e. The number of nitrogens with zero attached hydrogens (tertiary/aromatic N) is 1. The fourth-order valence-electron chi connectivity index (χ4n) is 4.65. The SMILES string of the molecule is CCCCCCCC/C=C\CCCCCCCC(=O)N[C@@H](COP(=O)(O)O)Cc1ccc(OCc2ccncc2)cc1. The summed E-state index contributed by atoms with van der Waals surface area (Å²) in [6.07, 6.45) is 24.3. The van der Waals surface area contributed by atoms with Gasteiger partial charge in [-0.3, -0.25) is 14.3 Å². The molecule has 0 spiro atoms. The van der Waals surface area contributed by atoms with Gasteiger partial charge in [0.25, 0.3) is 0 Å². The quantitative estimate of drug-likeness (QED) is 0.0636. The van der Waals surface area contributed by atoms with Crippen LogP contribution in [0.25, 0.3) is 0 Å². The van der Waals surface area contributed by atoms with Crippen molar-refractivity contribution in [2.24, 2.45) is 0 Å². The average Bonchev–Trinajstić information content (AvgIpc) is 2.97. The van der Waals surface area contributed by atoms with Crippen LogP contribution in [0.15, 0.2) is 60.9 Å². The molecule has 0 radical (unpaired) electrons. The molecule has 42 heavy (non-hydrogen) atoms. The van der Waals surface area contributed by atoms with E-state index in [0.717, 1.165) is 43.2 Å². The third-order valence-corrected chi connectivity index (χ3v) is 7.52. The van der Waals surface area contributed by atoms with Crippen LogP contribution in [0.5, 0.6) is 5.75 Å². The standard InChI is InChI=1S/C33H51N2O6P/c1-2-3-4-5-6-7-8-9-10-11-12-13-14-15-16-17-33(36)35-31(28-41-42(37,38)39)26-29-18-20-32(21-19-29)40-27-30-22-24-34-25-23-30/h9-10,18-25,31H,2-8,11-17,26-28H2,1H3,(H,35,36)(H2,37,38,39)/b10-9-/t31-/m1/s1. The summed E-state index contributed by atoms with van der Waals surface area (Å²) in [4.78, 5) is 34.9. The molecule has 2 rings (SSSR count). The van der Waals surface area contributed by atoms with Crippen LogP contribution in [0.3, 0.4) is 0 Å². The normalized spacial score (nSPS) is 12.5. The summed E-state index contributed by atoms with van der Waals surface area (Å²) >= 11 is 0. The second kappa shape index (κ2) is 22.1. The minimum absolute atomic E-state index is 0.135. The highest BCUT2D eigenvalue weighted by molar-refractivity contribution is 7.46. The van der Waals surface area contributed by atoms with Gasteiger partial charge in [-0.1, -0.05) is 82.6 Å². The number of benzene rings is 1. The summed E-state index contributed by atoms with van der Waals surface area (Å²) in [5.74, 6) is 0.566. The van der Waals surface area contributed by atoms with Crippen LogP contribution in [0.2, 0.25) is 0 Å². The number of nitrogens with one attached hydrogen (secondary N) is 1. The topological polar surface area (TPSA) is 118 Å². The van der Waals surface area contributed by atoms with Gasteiger partial charge in [-0.25, -0.2) is 4.57 Å². The number of carbonyl (C=O) groups excluding carboxylic acids is 1. The molecule has 3 N–H and O–H groups in total. The molecule has 1 atom stereocenters. The minimum Gasteiger partial charge on any atom is -0.489 e. The molecule has 2 aromatic rings. The van der Waals surface area contributed by atoms with E-state index in [1.54, 1.807) is 12.4 Å². The molecule has 0 fully saturated rings. The number of carbonyl (C=O) groups is 1. The fourth-order valence-corrected chi connectivity index (χ4v) is 5.02. The van der Waals surface area contributed by atoms with Crippen molar-refractivity contribution in [1.29, 1.82) is 0 Å². The first-order chi connectivity index (χ1) is 20.4. The highest BCUT2D eigenvalue weighted by Gasteiger charge is 2.20. The van der Waals surface area contributed by atoms with Crippen molar-refractivity contribution in [3.63, 3.8) is 0 Å². The number of phosphoric ester groups is 1. The number of hydrogen-bond acceptors (Lipinski definition) is 5. The van der Waals surface area contributed by atoms with Crippen LogP contribution in [-0.2, 0) is 26.9 Å². The Morgan fingerprint density at radius 1 is 0.857 bits per heavy atom. The predicted molar refractivity (Wildman–Crippen MR) is 168 cm³/mol. The number of allylic oxidation sites excluding steroid dienone is 2. The molecule has 0 saturated heterocycles. The van der Waals surface area contributed by atoms with Gasteiger partial charge in [0.15, 0.2) is 0 Å². The largest absolute Gasteiger partial charge is 0.489 e. The van der Waals surface area contributed by atoms with E-state index >= 15 is 0 Å². The highest BCUT2D eigenvalue weighted by Crippen LogP contribution is 2.35. The molecule has 0 aliphatic carbocycles. The van der Waals surface area contributed by atoms with Crippen LogP contribution in [0.4, 0.5) is 0 Å². The number of unbranched alkanes of at least 4 members (excludes halogenated alkanes) is 11. The molecular formula is C33H51N2O6P. The van der Waals surface area contributed by atoms with Gasteiger partial charge in [0.05, 0.1) is 12.6 Å². The molecule has 8 nitrogen and oxygen atoms in total. The van der Waals surface area contributed by atoms with E-state index in [-0.39, 0.29) is 12.5 Å². The van der Waals surface area contributed by atoms with Crippen molar-refractivity contribution in [2.75, 3.05) is 6.61 Å². The van der Waals surface area contributed by atoms with Crippen molar-refractivity contribution < 1.29 is 28.4 Å². The molecule has 234 valence electrons. The van der Waals surface area contributed by atoms with Gasteiger partial charge < -0.3 is 19.8 Å². The molecule has 0 bridgehead atoms. The second-order valence-corrected chi connectivity index (χ2v) is 12.1. The Labute approximate surface area is 252 Å². The number of hydrogen-bond donors (Lipinski definition) is 3. The Bertz CT molecular complexity index is 1040. The van der Waals surface area contributed by atoms with Gasteiger partial charge in [0, 0.05) is 18.8 Å². The number of rotatable bonds is 24. The van der Waals surface area contributed by atoms with E-state index in [9.17, 15) is 9.36 Å². The van der Waals surface area contributed by atoms with Gasteiger partial charge in [-0.15, -0.1) is 0 Å². The molecule has 9 heteroatoms. The summed E-state index contributed by atoms with van der Waals surface area (Å²) in [7, 11) is -4.65. The minimum atomic E-state index is -4.65. The van der Waals surface area contributed by atoms with Crippen molar-refractivity contribution in [3.05, 3.63) is 72.1 Å². The maximum atomic E-state index is 12.6. The van der Waals surface area contributed by atoms with E-state index in [0.29, 0.717) is 25.2 Å². The van der Waals surface area contributed by atoms with Crippen LogP contribution < -0.4 is 10.1 Å². The molecule has 1 amide bonds. The summed E-state index contributed by atoms with van der Waals surface area (Å²) in [6, 6.07) is 10.6. The highest BCUT2D eigenvalue weighted by atomic mass is 31.2. The van der Waals surface area contributed by atoms with Crippen LogP contribution in [0.1, 0.15) is 108 Å². The van der Waals surface area contributed by atoms with Gasteiger partial charge in [-0.2, -0.15) is 0 Å². The zero-order valence-electron chi connectivity index (χ0n) is 25.3. The summed E-state index contributed by atoms with van der Waals surface area (Å²) in [5, 5.41) is 2.90. The summed E-state index contributed by atoms with van der Waals surface area (Å²) in [6.45, 7) is 2.40. The van der Waals surface area contributed by atoms with E-state index in [1.807, 2.05) is 36.4 Å². The van der Waals surface area contributed by atoms with Crippen molar-refractivity contribution >= 4 is 13.7 Å². The first kappa shape index (κ1) is 35.7. The average molecular weight is 603 g/mol. The lowest BCUT2D eigenvalue weighted by molar-refractivity contribution is -0.122. The number of aromatic nitrogens is 1. The molecule has 1 aromatic carbocycles. The molecule has 1 aromatic heterocycles. The Morgan fingerprint density at radius 2 is 1.45 bits per heavy atom. The second-order valence-electron chi connectivity index (χ2n) is 10.9. The Kier molecular flexibility index (Phi) is 18.8. The van der Waals surface area contributed by atoms with Crippen molar-refractivity contribution in [1.82, 2.24) is 10.3 Å². The molecule has 0 aliphatic heterocycles. The molecule has 1 heterocycles. The van der Waals surface area contributed by atoms with Crippen LogP contribution in [0, 0.1) is 0 Å². The van der Waals surface area contributed by atoms with Gasteiger partial charge in [-0.05, 0) is 73.9 Å². The number of amides is 1. The van der Waals surface area contributed by atoms with Gasteiger partial charge >= 0.3 is 7.82 Å². The van der Waals surface area contributed by atoms with Crippen molar-refractivity contribution in [3.8, 4) is 5.75 Å². The van der Waals surface area contributed by atoms with E-state index < -0.39 is 13.9 Å². The maximum absolute atomic E-state index is 12.6. The summed E-state index contributed by atoms with van der Waals surface area (Å²) in [5.41, 5.74) is 1.91. The first-order valence-electron chi connectivity index (χ1n) is 15.6. The van der Waals surface area contributed by atoms with Crippen LogP contribution in [-0.4, -0.2) is 33.3 Å².